The van der Waals surface area contributed by atoms with E-state index in [9.17, 15) is 23.4 Å². The van der Waals surface area contributed by atoms with E-state index in [1.54, 1.807) is 54.2 Å². The van der Waals surface area contributed by atoms with Gasteiger partial charge in [0.15, 0.2) is 0 Å². The summed E-state index contributed by atoms with van der Waals surface area (Å²) in [5.41, 5.74) is 1.26. The van der Waals surface area contributed by atoms with Crippen LogP contribution in [0.4, 0.5) is 13.2 Å². The fourth-order valence-electron chi connectivity index (χ4n) is 4.34. The summed E-state index contributed by atoms with van der Waals surface area (Å²) in [6.45, 7) is -0.00195. The van der Waals surface area contributed by atoms with Crippen LogP contribution in [0.1, 0.15) is 25.3 Å². The Hall–Kier alpha value is -2.88. The molecule has 3 aromatic rings. The van der Waals surface area contributed by atoms with Gasteiger partial charge >= 0.3 is 6.61 Å². The third-order valence-corrected chi connectivity index (χ3v) is 6.36. The Balaban J connectivity index is 1.55. The molecular weight excluding hydrogens is 447 g/mol. The summed E-state index contributed by atoms with van der Waals surface area (Å²) in [7, 11) is 0. The molecule has 0 bridgehead atoms. The number of alkyl halides is 2. The van der Waals surface area contributed by atoms with Crippen LogP contribution in [0.25, 0.3) is 16.9 Å². The first-order chi connectivity index (χ1) is 16.2. The van der Waals surface area contributed by atoms with Crippen molar-refractivity contribution in [2.45, 2.75) is 38.5 Å². The minimum atomic E-state index is -2.98. The Morgan fingerprint density at radius 3 is 2.65 bits per heavy atom. The highest BCUT2D eigenvalue weighted by molar-refractivity contribution is 5.62. The first kappa shape index (κ1) is 24.3. The van der Waals surface area contributed by atoms with Crippen molar-refractivity contribution in [3.63, 3.8) is 0 Å². The predicted octanol–water partition coefficient (Wildman–Crippen LogP) is 4.24. The molecule has 0 spiro atoms. The molecule has 4 rings (SSSR count). The molecule has 2 N–H and O–H groups in total. The van der Waals surface area contributed by atoms with E-state index in [0.717, 1.165) is 19.4 Å². The quantitative estimate of drug-likeness (QED) is 0.510. The van der Waals surface area contributed by atoms with E-state index < -0.39 is 12.2 Å². The molecule has 2 heterocycles. The van der Waals surface area contributed by atoms with Gasteiger partial charge in [-0.3, -0.25) is 4.90 Å². The Bertz CT molecular complexity index is 1100. The van der Waals surface area contributed by atoms with Crippen molar-refractivity contribution in [2.75, 3.05) is 19.7 Å². The van der Waals surface area contributed by atoms with Crippen LogP contribution < -0.4 is 4.74 Å². The minimum Gasteiger partial charge on any atom is -0.434 e. The zero-order valence-corrected chi connectivity index (χ0v) is 18.9. The van der Waals surface area contributed by atoms with Crippen LogP contribution in [0.15, 0.2) is 54.7 Å². The number of piperidine rings is 1. The summed E-state index contributed by atoms with van der Waals surface area (Å²) >= 11 is 0. The highest BCUT2D eigenvalue weighted by Gasteiger charge is 2.34. The van der Waals surface area contributed by atoms with E-state index in [1.807, 2.05) is 0 Å². The lowest BCUT2D eigenvalue weighted by Crippen LogP contribution is -2.47. The fraction of sp³-hybridized carbons (Fsp3) is 0.400. The lowest BCUT2D eigenvalue weighted by Gasteiger charge is -2.39. The van der Waals surface area contributed by atoms with E-state index in [-0.39, 0.29) is 24.1 Å². The molecule has 0 unspecified atom stereocenters. The summed E-state index contributed by atoms with van der Waals surface area (Å²) in [6.07, 6.45) is 3.34. The molecule has 1 aromatic heterocycles. The van der Waals surface area contributed by atoms with Crippen molar-refractivity contribution in [1.29, 1.82) is 0 Å². The third-order valence-electron chi connectivity index (χ3n) is 6.36. The van der Waals surface area contributed by atoms with E-state index in [4.69, 9.17) is 4.74 Å². The number of hydrogen-bond acceptors (Lipinski definition) is 5. The van der Waals surface area contributed by atoms with Crippen LogP contribution in [0.3, 0.4) is 0 Å². The second-order valence-electron chi connectivity index (χ2n) is 8.91. The van der Waals surface area contributed by atoms with Crippen LogP contribution in [0.5, 0.6) is 5.75 Å². The molecule has 1 aliphatic rings. The largest absolute Gasteiger partial charge is 0.434 e. The first-order valence-electron chi connectivity index (χ1n) is 11.2. The van der Waals surface area contributed by atoms with Gasteiger partial charge in [-0.2, -0.15) is 13.9 Å². The Labute approximate surface area is 196 Å². The number of likely N-dealkylation sites (tertiary alicyclic amines) is 1. The van der Waals surface area contributed by atoms with Gasteiger partial charge in [0.2, 0.25) is 0 Å². The molecule has 6 nitrogen and oxygen atoms in total. The number of aliphatic hydroxyl groups excluding tert-OH is 1. The Morgan fingerprint density at radius 1 is 1.18 bits per heavy atom. The van der Waals surface area contributed by atoms with E-state index >= 15 is 0 Å². The number of ether oxygens (including phenoxy) is 1. The molecule has 1 fully saturated rings. The fourth-order valence-corrected chi connectivity index (χ4v) is 4.34. The second kappa shape index (κ2) is 10.2. The topological polar surface area (TPSA) is 70.8 Å². The monoisotopic (exact) mass is 475 g/mol. The van der Waals surface area contributed by atoms with Gasteiger partial charge in [0.05, 0.1) is 23.6 Å². The summed E-state index contributed by atoms with van der Waals surface area (Å²) in [5, 5.41) is 24.4. The number of aliphatic hydroxyl groups is 2. The zero-order chi connectivity index (χ0) is 24.3. The molecular formula is C25H28F3N3O3. The number of benzene rings is 2. The van der Waals surface area contributed by atoms with Gasteiger partial charge in [-0.1, -0.05) is 12.1 Å². The summed E-state index contributed by atoms with van der Waals surface area (Å²) < 4.78 is 46.0. The van der Waals surface area contributed by atoms with Gasteiger partial charge in [0.25, 0.3) is 0 Å². The van der Waals surface area contributed by atoms with Gasteiger partial charge < -0.3 is 14.9 Å². The van der Waals surface area contributed by atoms with Crippen molar-refractivity contribution < 1.29 is 28.1 Å². The molecule has 34 heavy (non-hydrogen) atoms. The maximum Gasteiger partial charge on any atom is 0.387 e. The maximum atomic E-state index is 13.2. The van der Waals surface area contributed by atoms with E-state index in [1.165, 1.54) is 12.1 Å². The van der Waals surface area contributed by atoms with E-state index in [2.05, 4.69) is 10.00 Å². The highest BCUT2D eigenvalue weighted by atomic mass is 19.3. The Morgan fingerprint density at radius 2 is 1.94 bits per heavy atom. The lowest BCUT2D eigenvalue weighted by atomic mass is 9.83. The molecule has 2 aromatic carbocycles. The summed E-state index contributed by atoms with van der Waals surface area (Å²) in [5.74, 6) is -0.388. The number of aromatic nitrogens is 2. The number of halogens is 3. The highest BCUT2D eigenvalue weighted by Crippen LogP contribution is 2.32. The first-order valence-corrected chi connectivity index (χ1v) is 11.2. The van der Waals surface area contributed by atoms with Crippen molar-refractivity contribution in [3.05, 3.63) is 66.1 Å². The number of nitrogens with zero attached hydrogens (tertiary/aromatic N) is 3. The number of rotatable bonds is 8. The summed E-state index contributed by atoms with van der Waals surface area (Å²) in [4.78, 5) is 2.08. The molecule has 0 radical (unpaired) electrons. The van der Waals surface area contributed by atoms with Crippen molar-refractivity contribution in [1.82, 2.24) is 14.7 Å². The smallest absolute Gasteiger partial charge is 0.387 e. The van der Waals surface area contributed by atoms with Crippen molar-refractivity contribution >= 4 is 0 Å². The van der Waals surface area contributed by atoms with Crippen LogP contribution in [-0.2, 0) is 6.54 Å². The third kappa shape index (κ3) is 5.60. The molecule has 9 heteroatoms. The van der Waals surface area contributed by atoms with Gasteiger partial charge in [-0.05, 0) is 62.7 Å². The van der Waals surface area contributed by atoms with Crippen LogP contribution in [-0.4, -0.2) is 56.8 Å². The molecule has 1 aliphatic heterocycles. The molecule has 182 valence electrons. The minimum absolute atomic E-state index is 0.0693. The van der Waals surface area contributed by atoms with Crippen LogP contribution in [0, 0.1) is 11.7 Å². The molecule has 0 amide bonds. The molecule has 2 atom stereocenters. The van der Waals surface area contributed by atoms with Gasteiger partial charge in [-0.25, -0.2) is 9.07 Å². The normalized spacial score (nSPS) is 18.7. The van der Waals surface area contributed by atoms with Crippen molar-refractivity contribution in [3.8, 4) is 22.7 Å². The second-order valence-corrected chi connectivity index (χ2v) is 8.91. The Kier molecular flexibility index (Phi) is 7.25. The standard InChI is InChI=1S/C25H28F3N3O3/c1-25(33,16-32)19-3-2-11-30(15-19)14-18-5-4-17(13-23(18)34-24(27)28)22-10-12-31(29-22)21-8-6-20(26)7-9-21/h4-10,12-13,19,24,32-33H,2-3,11,14-16H2,1H3/t19-,25+/m0/s1. The van der Waals surface area contributed by atoms with Crippen LogP contribution in [0.2, 0.25) is 0 Å². The van der Waals surface area contributed by atoms with Crippen molar-refractivity contribution in [2.24, 2.45) is 5.92 Å². The maximum absolute atomic E-state index is 13.2. The SMILES string of the molecule is C[C@@](O)(CO)[C@H]1CCCN(Cc2ccc(-c3ccn(-c4ccc(F)cc4)n3)cc2OC(F)F)C1. The van der Waals surface area contributed by atoms with Gasteiger partial charge in [-0.15, -0.1) is 0 Å². The molecule has 0 saturated carbocycles. The molecule has 0 aliphatic carbocycles. The average molecular weight is 476 g/mol. The van der Waals surface area contributed by atoms with Gasteiger partial charge in [0.1, 0.15) is 11.6 Å². The lowest BCUT2D eigenvalue weighted by molar-refractivity contribution is -0.0702. The summed E-state index contributed by atoms with van der Waals surface area (Å²) in [6, 6.07) is 12.7. The predicted molar refractivity (Wildman–Crippen MR) is 121 cm³/mol. The number of hydrogen-bond donors (Lipinski definition) is 2. The van der Waals surface area contributed by atoms with Gasteiger partial charge in [0, 0.05) is 36.3 Å². The van der Waals surface area contributed by atoms with Crippen LogP contribution >= 0.6 is 0 Å². The van der Waals surface area contributed by atoms with E-state index in [0.29, 0.717) is 35.6 Å². The zero-order valence-electron chi connectivity index (χ0n) is 18.9. The average Bonchev–Trinajstić information content (AvgIpc) is 3.31. The molecule has 1 saturated heterocycles.